The minimum atomic E-state index is -0.333. The van der Waals surface area contributed by atoms with Crippen molar-refractivity contribution in [1.82, 2.24) is 0 Å². The number of esters is 1. The lowest BCUT2D eigenvalue weighted by molar-refractivity contribution is 0.0600. The van der Waals surface area contributed by atoms with E-state index in [4.69, 9.17) is 4.74 Å². The van der Waals surface area contributed by atoms with E-state index in [-0.39, 0.29) is 5.97 Å². The molecular weight excluding hydrogens is 320 g/mol. The smallest absolute Gasteiger partial charge is 0.337 e. The van der Waals surface area contributed by atoms with E-state index < -0.39 is 0 Å². The van der Waals surface area contributed by atoms with Gasteiger partial charge in [0.05, 0.1) is 12.7 Å². The Bertz CT molecular complexity index is 606. The predicted octanol–water partition coefficient (Wildman–Crippen LogP) is 4.12. The summed E-state index contributed by atoms with van der Waals surface area (Å²) in [7, 11) is 1.37. The highest BCUT2D eigenvalue weighted by Crippen LogP contribution is 2.23. The van der Waals surface area contributed by atoms with Crippen molar-refractivity contribution in [3.8, 4) is 5.75 Å². The van der Waals surface area contributed by atoms with Gasteiger partial charge in [0.2, 0.25) is 0 Å². The van der Waals surface area contributed by atoms with Crippen LogP contribution in [0.15, 0.2) is 46.9 Å². The monoisotopic (exact) mass is 334 g/mol. The third kappa shape index (κ3) is 3.61. The Morgan fingerprint density at radius 1 is 1.15 bits per heavy atom. The van der Waals surface area contributed by atoms with E-state index in [0.29, 0.717) is 12.2 Å². The highest BCUT2D eigenvalue weighted by atomic mass is 79.9. The van der Waals surface area contributed by atoms with Gasteiger partial charge >= 0.3 is 5.97 Å². The number of aryl methyl sites for hydroxylation is 1. The first-order valence-electron chi connectivity index (χ1n) is 6.16. The summed E-state index contributed by atoms with van der Waals surface area (Å²) in [6.45, 7) is 2.46. The molecular formula is C16H15BrO3. The molecule has 0 aromatic heterocycles. The second-order valence-electron chi connectivity index (χ2n) is 4.39. The summed E-state index contributed by atoms with van der Waals surface area (Å²) in [5.74, 6) is 0.511. The van der Waals surface area contributed by atoms with Gasteiger partial charge < -0.3 is 9.47 Å². The Balaban J connectivity index is 2.04. The van der Waals surface area contributed by atoms with Crippen LogP contribution in [0.25, 0.3) is 0 Å². The van der Waals surface area contributed by atoms with Crippen molar-refractivity contribution in [3.05, 3.63) is 63.6 Å². The fourth-order valence-electron chi connectivity index (χ4n) is 1.75. The lowest BCUT2D eigenvalue weighted by atomic mass is 10.1. The fourth-order valence-corrected chi connectivity index (χ4v) is 2.09. The molecule has 0 aliphatic rings. The third-order valence-corrected chi connectivity index (χ3v) is 3.41. The minimum Gasteiger partial charge on any atom is -0.489 e. The van der Waals surface area contributed by atoms with Gasteiger partial charge in [-0.1, -0.05) is 34.1 Å². The number of rotatable bonds is 4. The molecule has 0 heterocycles. The SMILES string of the molecule is COC(=O)c1ccc(COc2cc(Br)ccc2C)cc1. The molecule has 2 aromatic carbocycles. The molecule has 0 radical (unpaired) electrons. The average molecular weight is 335 g/mol. The van der Waals surface area contributed by atoms with Crippen LogP contribution >= 0.6 is 15.9 Å². The van der Waals surface area contributed by atoms with E-state index in [1.165, 1.54) is 7.11 Å². The fraction of sp³-hybridized carbons (Fsp3) is 0.188. The Labute approximate surface area is 126 Å². The van der Waals surface area contributed by atoms with Crippen LogP contribution in [0.3, 0.4) is 0 Å². The van der Waals surface area contributed by atoms with Gasteiger partial charge in [0, 0.05) is 4.47 Å². The Morgan fingerprint density at radius 3 is 2.50 bits per heavy atom. The number of methoxy groups -OCH3 is 1. The Hall–Kier alpha value is -1.81. The van der Waals surface area contributed by atoms with Crippen LogP contribution in [0.1, 0.15) is 21.5 Å². The molecule has 104 valence electrons. The zero-order valence-corrected chi connectivity index (χ0v) is 12.9. The number of halogens is 1. The topological polar surface area (TPSA) is 35.5 Å². The van der Waals surface area contributed by atoms with Crippen LogP contribution in [0, 0.1) is 6.92 Å². The number of benzene rings is 2. The first-order valence-corrected chi connectivity index (χ1v) is 6.95. The van der Waals surface area contributed by atoms with Gasteiger partial charge in [-0.15, -0.1) is 0 Å². The van der Waals surface area contributed by atoms with Crippen molar-refractivity contribution in [2.45, 2.75) is 13.5 Å². The van der Waals surface area contributed by atoms with Crippen molar-refractivity contribution in [1.29, 1.82) is 0 Å². The Kier molecular flexibility index (Phi) is 4.79. The van der Waals surface area contributed by atoms with Crippen molar-refractivity contribution >= 4 is 21.9 Å². The molecule has 0 aliphatic carbocycles. The molecule has 0 saturated heterocycles. The molecule has 20 heavy (non-hydrogen) atoms. The average Bonchev–Trinajstić information content (AvgIpc) is 2.48. The lowest BCUT2D eigenvalue weighted by Crippen LogP contribution is -2.02. The van der Waals surface area contributed by atoms with Gasteiger partial charge in [0.15, 0.2) is 0 Å². The van der Waals surface area contributed by atoms with Gasteiger partial charge in [-0.2, -0.15) is 0 Å². The quantitative estimate of drug-likeness (QED) is 0.789. The first kappa shape index (κ1) is 14.6. The van der Waals surface area contributed by atoms with Gasteiger partial charge in [-0.05, 0) is 42.3 Å². The normalized spacial score (nSPS) is 10.2. The summed E-state index contributed by atoms with van der Waals surface area (Å²) in [6.07, 6.45) is 0. The second-order valence-corrected chi connectivity index (χ2v) is 5.30. The number of carbonyl (C=O) groups excluding carboxylic acids is 1. The maximum Gasteiger partial charge on any atom is 0.337 e. The summed E-state index contributed by atoms with van der Waals surface area (Å²) < 4.78 is 11.4. The summed E-state index contributed by atoms with van der Waals surface area (Å²) in [5.41, 5.74) is 2.62. The zero-order chi connectivity index (χ0) is 14.5. The molecule has 0 bridgehead atoms. The van der Waals surface area contributed by atoms with Gasteiger partial charge in [-0.3, -0.25) is 0 Å². The van der Waals surface area contributed by atoms with Crippen LogP contribution < -0.4 is 4.74 Å². The summed E-state index contributed by atoms with van der Waals surface area (Å²) in [6, 6.07) is 13.1. The first-order chi connectivity index (χ1) is 9.60. The largest absolute Gasteiger partial charge is 0.489 e. The second kappa shape index (κ2) is 6.57. The van der Waals surface area contributed by atoms with E-state index in [2.05, 4.69) is 20.7 Å². The van der Waals surface area contributed by atoms with Crippen LogP contribution in [0.2, 0.25) is 0 Å². The van der Waals surface area contributed by atoms with E-state index in [9.17, 15) is 4.79 Å². The zero-order valence-electron chi connectivity index (χ0n) is 11.4. The molecule has 0 atom stereocenters. The number of hydrogen-bond donors (Lipinski definition) is 0. The van der Waals surface area contributed by atoms with E-state index in [1.54, 1.807) is 12.1 Å². The van der Waals surface area contributed by atoms with Crippen molar-refractivity contribution < 1.29 is 14.3 Å². The van der Waals surface area contributed by atoms with Crippen molar-refractivity contribution in [2.75, 3.05) is 7.11 Å². The molecule has 0 aliphatic heterocycles. The lowest BCUT2D eigenvalue weighted by Gasteiger charge is -2.10. The van der Waals surface area contributed by atoms with Gasteiger partial charge in [0.1, 0.15) is 12.4 Å². The maximum absolute atomic E-state index is 11.3. The molecule has 0 saturated carbocycles. The maximum atomic E-state index is 11.3. The molecule has 3 nitrogen and oxygen atoms in total. The van der Waals surface area contributed by atoms with Crippen molar-refractivity contribution in [2.24, 2.45) is 0 Å². The summed E-state index contributed by atoms with van der Waals surface area (Å²) in [5, 5.41) is 0. The van der Waals surface area contributed by atoms with Crippen molar-refractivity contribution in [3.63, 3.8) is 0 Å². The van der Waals surface area contributed by atoms with Crippen LogP contribution in [-0.2, 0) is 11.3 Å². The highest BCUT2D eigenvalue weighted by molar-refractivity contribution is 9.10. The van der Waals surface area contributed by atoms with Crippen LogP contribution in [0.4, 0.5) is 0 Å². The number of carbonyl (C=O) groups is 1. The van der Waals surface area contributed by atoms with Gasteiger partial charge in [0.25, 0.3) is 0 Å². The molecule has 0 spiro atoms. The standard InChI is InChI=1S/C16H15BrO3/c1-11-3-8-14(17)9-15(11)20-10-12-4-6-13(7-5-12)16(18)19-2/h3-9H,10H2,1-2H3. The molecule has 0 fully saturated rings. The van der Waals surface area contributed by atoms with E-state index in [0.717, 1.165) is 21.3 Å². The predicted molar refractivity (Wildman–Crippen MR) is 81.0 cm³/mol. The number of hydrogen-bond acceptors (Lipinski definition) is 3. The molecule has 2 rings (SSSR count). The minimum absolute atomic E-state index is 0.333. The molecule has 2 aromatic rings. The Morgan fingerprint density at radius 2 is 1.85 bits per heavy atom. The summed E-state index contributed by atoms with van der Waals surface area (Å²) >= 11 is 3.42. The third-order valence-electron chi connectivity index (χ3n) is 2.92. The van der Waals surface area contributed by atoms with E-state index >= 15 is 0 Å². The molecule has 4 heteroatoms. The van der Waals surface area contributed by atoms with Crippen LogP contribution in [-0.4, -0.2) is 13.1 Å². The highest BCUT2D eigenvalue weighted by Gasteiger charge is 2.05. The number of ether oxygens (including phenoxy) is 2. The van der Waals surface area contributed by atoms with Crippen LogP contribution in [0.5, 0.6) is 5.75 Å². The summed E-state index contributed by atoms with van der Waals surface area (Å²) in [4.78, 5) is 11.3. The molecule has 0 N–H and O–H groups in total. The molecule has 0 amide bonds. The van der Waals surface area contributed by atoms with Gasteiger partial charge in [-0.25, -0.2) is 4.79 Å². The molecule has 0 unspecified atom stereocenters. The van der Waals surface area contributed by atoms with E-state index in [1.807, 2.05) is 37.3 Å².